The summed E-state index contributed by atoms with van der Waals surface area (Å²) in [5.74, 6) is -0.634. The van der Waals surface area contributed by atoms with Crippen molar-refractivity contribution in [2.24, 2.45) is 0 Å². The summed E-state index contributed by atoms with van der Waals surface area (Å²) in [6, 6.07) is 10.8. The average Bonchev–Trinajstić information content (AvgIpc) is 3.20. The standard InChI is InChI=1S/C23H22ClN5O4/c1-14-17(15(2)27-23(32)18(14)11-25)7-8-22(31)33-13-21(30)28-20-9-10-26-29(20)12-16-5-3-4-6-19(16)24/h3-6,9-10H,7-8,12-13H2,1-2H3,(H,27,32)(H,28,30). The summed E-state index contributed by atoms with van der Waals surface area (Å²) in [6.45, 7) is 3.28. The van der Waals surface area contributed by atoms with E-state index in [-0.39, 0.29) is 18.4 Å². The van der Waals surface area contributed by atoms with E-state index in [0.29, 0.717) is 34.2 Å². The largest absolute Gasteiger partial charge is 0.456 e. The van der Waals surface area contributed by atoms with Crippen LogP contribution in [0, 0.1) is 25.2 Å². The highest BCUT2D eigenvalue weighted by molar-refractivity contribution is 6.31. The monoisotopic (exact) mass is 467 g/mol. The van der Waals surface area contributed by atoms with Crippen molar-refractivity contribution in [3.05, 3.63) is 79.9 Å². The number of esters is 1. The fourth-order valence-electron chi connectivity index (χ4n) is 3.40. The summed E-state index contributed by atoms with van der Waals surface area (Å²) in [7, 11) is 0. The Labute approximate surface area is 195 Å². The molecule has 0 bridgehead atoms. The van der Waals surface area contributed by atoms with Crippen LogP contribution in [0.1, 0.15) is 34.4 Å². The fraction of sp³-hybridized carbons (Fsp3) is 0.261. The number of aryl methyl sites for hydroxylation is 1. The maximum Gasteiger partial charge on any atom is 0.306 e. The zero-order chi connectivity index (χ0) is 24.0. The first kappa shape index (κ1) is 23.8. The number of pyridine rings is 1. The fourth-order valence-corrected chi connectivity index (χ4v) is 3.59. The number of aromatic amines is 1. The molecule has 0 atom stereocenters. The minimum absolute atomic E-state index is 0.00366. The molecule has 0 aliphatic carbocycles. The molecule has 0 fully saturated rings. The second kappa shape index (κ2) is 10.6. The Kier molecular flexibility index (Phi) is 7.64. The lowest BCUT2D eigenvalue weighted by atomic mass is 9.99. The Morgan fingerprint density at radius 3 is 2.76 bits per heavy atom. The third kappa shape index (κ3) is 5.87. The summed E-state index contributed by atoms with van der Waals surface area (Å²) in [4.78, 5) is 38.8. The van der Waals surface area contributed by atoms with Crippen LogP contribution in [0.5, 0.6) is 0 Å². The van der Waals surface area contributed by atoms with Gasteiger partial charge in [0.25, 0.3) is 11.5 Å². The second-order valence-electron chi connectivity index (χ2n) is 7.34. The summed E-state index contributed by atoms with van der Waals surface area (Å²) < 4.78 is 6.65. The van der Waals surface area contributed by atoms with Gasteiger partial charge in [0.15, 0.2) is 6.61 Å². The number of nitrogens with one attached hydrogen (secondary N) is 2. The molecule has 0 aliphatic rings. The predicted octanol–water partition coefficient (Wildman–Crippen LogP) is 2.88. The SMILES string of the molecule is Cc1[nH]c(=O)c(C#N)c(C)c1CCC(=O)OCC(=O)Nc1ccnn1Cc1ccccc1Cl. The Morgan fingerprint density at radius 1 is 1.27 bits per heavy atom. The van der Waals surface area contributed by atoms with Crippen LogP contribution in [0.2, 0.25) is 5.02 Å². The van der Waals surface area contributed by atoms with Gasteiger partial charge in [0.2, 0.25) is 0 Å². The topological polar surface area (TPSA) is 130 Å². The van der Waals surface area contributed by atoms with E-state index in [0.717, 1.165) is 5.56 Å². The Bertz CT molecular complexity index is 1290. The van der Waals surface area contributed by atoms with Gasteiger partial charge in [-0.1, -0.05) is 29.8 Å². The summed E-state index contributed by atoms with van der Waals surface area (Å²) in [5, 5.41) is 16.6. The number of H-pyrrole nitrogens is 1. The normalized spacial score (nSPS) is 10.5. The van der Waals surface area contributed by atoms with Gasteiger partial charge in [-0.05, 0) is 43.0 Å². The maximum absolute atomic E-state index is 12.3. The molecule has 0 saturated heterocycles. The number of halogens is 1. The van der Waals surface area contributed by atoms with Gasteiger partial charge in [-0.3, -0.25) is 14.4 Å². The average molecular weight is 468 g/mol. The molecule has 3 aromatic rings. The number of ether oxygens (including phenoxy) is 1. The first-order valence-corrected chi connectivity index (χ1v) is 10.5. The molecular weight excluding hydrogens is 446 g/mol. The number of carbonyl (C=O) groups is 2. The van der Waals surface area contributed by atoms with Crippen molar-refractivity contribution in [3.8, 4) is 6.07 Å². The van der Waals surface area contributed by atoms with E-state index in [2.05, 4.69) is 15.4 Å². The van der Waals surface area contributed by atoms with Crippen LogP contribution in [0.15, 0.2) is 41.3 Å². The van der Waals surface area contributed by atoms with Crippen molar-refractivity contribution < 1.29 is 14.3 Å². The van der Waals surface area contributed by atoms with E-state index in [1.807, 2.05) is 24.3 Å². The van der Waals surface area contributed by atoms with Crippen LogP contribution in [0.25, 0.3) is 0 Å². The number of anilines is 1. The molecule has 0 radical (unpaired) electrons. The van der Waals surface area contributed by atoms with E-state index >= 15 is 0 Å². The van der Waals surface area contributed by atoms with Gasteiger partial charge < -0.3 is 15.0 Å². The van der Waals surface area contributed by atoms with E-state index in [1.54, 1.807) is 36.9 Å². The van der Waals surface area contributed by atoms with Crippen molar-refractivity contribution in [1.82, 2.24) is 14.8 Å². The van der Waals surface area contributed by atoms with Crippen LogP contribution in [-0.2, 0) is 27.3 Å². The molecule has 0 aliphatic heterocycles. The number of aromatic nitrogens is 3. The zero-order valence-electron chi connectivity index (χ0n) is 18.1. The van der Waals surface area contributed by atoms with Crippen molar-refractivity contribution in [2.75, 3.05) is 11.9 Å². The Balaban J connectivity index is 1.53. The number of nitriles is 1. The van der Waals surface area contributed by atoms with E-state index < -0.39 is 24.0 Å². The van der Waals surface area contributed by atoms with Gasteiger partial charge in [0.05, 0.1) is 12.7 Å². The molecule has 9 nitrogen and oxygen atoms in total. The van der Waals surface area contributed by atoms with Crippen molar-refractivity contribution in [2.45, 2.75) is 33.2 Å². The number of rotatable bonds is 8. The molecule has 0 unspecified atom stereocenters. The molecule has 2 aromatic heterocycles. The number of benzene rings is 1. The summed E-state index contributed by atoms with van der Waals surface area (Å²) in [6.07, 6.45) is 1.81. The van der Waals surface area contributed by atoms with Crippen molar-refractivity contribution >= 4 is 29.3 Å². The van der Waals surface area contributed by atoms with Crippen LogP contribution in [0.3, 0.4) is 0 Å². The number of nitrogens with zero attached hydrogens (tertiary/aromatic N) is 3. The van der Waals surface area contributed by atoms with Gasteiger partial charge >= 0.3 is 5.97 Å². The summed E-state index contributed by atoms with van der Waals surface area (Å²) in [5.41, 5.74) is 2.25. The minimum atomic E-state index is -0.571. The molecule has 1 aromatic carbocycles. The third-order valence-electron chi connectivity index (χ3n) is 5.13. The lowest BCUT2D eigenvalue weighted by Gasteiger charge is -2.11. The Hall–Kier alpha value is -3.90. The van der Waals surface area contributed by atoms with Crippen LogP contribution in [0.4, 0.5) is 5.82 Å². The molecule has 3 rings (SSSR count). The highest BCUT2D eigenvalue weighted by Crippen LogP contribution is 2.18. The van der Waals surface area contributed by atoms with Crippen molar-refractivity contribution in [3.63, 3.8) is 0 Å². The molecule has 0 spiro atoms. The lowest BCUT2D eigenvalue weighted by molar-refractivity contribution is -0.147. The number of carbonyl (C=O) groups excluding carboxylic acids is 2. The quantitative estimate of drug-likeness (QED) is 0.490. The molecule has 1 amide bonds. The lowest BCUT2D eigenvalue weighted by Crippen LogP contribution is -2.23. The van der Waals surface area contributed by atoms with Gasteiger partial charge in [0.1, 0.15) is 17.5 Å². The molecule has 33 heavy (non-hydrogen) atoms. The molecule has 170 valence electrons. The molecular formula is C23H22ClN5O4. The molecule has 2 heterocycles. The van der Waals surface area contributed by atoms with Crippen LogP contribution in [-0.4, -0.2) is 33.2 Å². The van der Waals surface area contributed by atoms with Gasteiger partial charge in [-0.25, -0.2) is 4.68 Å². The van der Waals surface area contributed by atoms with Gasteiger partial charge in [-0.2, -0.15) is 10.4 Å². The predicted molar refractivity (Wildman–Crippen MR) is 122 cm³/mol. The second-order valence-corrected chi connectivity index (χ2v) is 7.75. The van der Waals surface area contributed by atoms with Crippen molar-refractivity contribution in [1.29, 1.82) is 5.26 Å². The molecule has 2 N–H and O–H groups in total. The van der Waals surface area contributed by atoms with Gasteiger partial charge in [0, 0.05) is 23.2 Å². The van der Waals surface area contributed by atoms with Gasteiger partial charge in [-0.15, -0.1) is 0 Å². The molecule has 10 heteroatoms. The van der Waals surface area contributed by atoms with E-state index in [1.165, 1.54) is 0 Å². The number of amides is 1. The maximum atomic E-state index is 12.3. The third-order valence-corrected chi connectivity index (χ3v) is 5.49. The first-order valence-electron chi connectivity index (χ1n) is 10.1. The van der Waals surface area contributed by atoms with Crippen LogP contribution < -0.4 is 10.9 Å². The summed E-state index contributed by atoms with van der Waals surface area (Å²) >= 11 is 6.18. The number of hydrogen-bond donors (Lipinski definition) is 2. The van der Waals surface area contributed by atoms with E-state index in [9.17, 15) is 14.4 Å². The van der Waals surface area contributed by atoms with E-state index in [4.69, 9.17) is 21.6 Å². The van der Waals surface area contributed by atoms with Crippen LogP contribution >= 0.6 is 11.6 Å². The highest BCUT2D eigenvalue weighted by atomic mass is 35.5. The molecule has 0 saturated carbocycles. The smallest absolute Gasteiger partial charge is 0.306 e. The first-order chi connectivity index (χ1) is 15.8. The Morgan fingerprint density at radius 2 is 2.03 bits per heavy atom. The minimum Gasteiger partial charge on any atom is -0.456 e. The number of hydrogen-bond acceptors (Lipinski definition) is 6. The zero-order valence-corrected chi connectivity index (χ0v) is 18.9. The highest BCUT2D eigenvalue weighted by Gasteiger charge is 2.15.